The maximum Gasteiger partial charge on any atom is 0.414 e. The summed E-state index contributed by atoms with van der Waals surface area (Å²) in [5.41, 5.74) is 1.11. The maximum atomic E-state index is 14.9. The van der Waals surface area contributed by atoms with Gasteiger partial charge in [0.2, 0.25) is 6.41 Å². The first-order valence-corrected chi connectivity index (χ1v) is 10.9. The number of hydrogen-bond donors (Lipinski definition) is 0. The second-order valence-corrected chi connectivity index (χ2v) is 8.33. The first kappa shape index (κ1) is 20.9. The molecule has 3 heterocycles. The molecule has 8 heteroatoms. The summed E-state index contributed by atoms with van der Waals surface area (Å²) in [6.45, 7) is 4.56. The first-order chi connectivity index (χ1) is 14.7. The SMILES string of the molecule is O=CN(CCC1CCCN(c2ccc(N3CCOC3=O)cc2F)C1)C1CCOCC1. The number of benzene rings is 1. The molecule has 0 bridgehead atoms. The van der Waals surface area contributed by atoms with Gasteiger partial charge in [-0.15, -0.1) is 0 Å². The molecule has 3 fully saturated rings. The predicted molar refractivity (Wildman–Crippen MR) is 111 cm³/mol. The number of cyclic esters (lactones) is 1. The van der Waals surface area contributed by atoms with Crippen LogP contribution in [0, 0.1) is 11.7 Å². The fraction of sp³-hybridized carbons (Fsp3) is 0.636. The van der Waals surface area contributed by atoms with E-state index in [0.29, 0.717) is 30.4 Å². The summed E-state index contributed by atoms with van der Waals surface area (Å²) in [4.78, 5) is 28.7. The van der Waals surface area contributed by atoms with Crippen LogP contribution in [0.2, 0.25) is 0 Å². The van der Waals surface area contributed by atoms with Gasteiger partial charge in [-0.25, -0.2) is 9.18 Å². The van der Waals surface area contributed by atoms with Gasteiger partial charge in [-0.2, -0.15) is 0 Å². The average molecular weight is 419 g/mol. The molecule has 1 atom stereocenters. The molecule has 0 spiro atoms. The molecule has 3 aliphatic rings. The molecule has 0 saturated carbocycles. The Labute approximate surface area is 176 Å². The van der Waals surface area contributed by atoms with Crippen LogP contribution < -0.4 is 9.80 Å². The Kier molecular flexibility index (Phi) is 6.72. The fourth-order valence-electron chi connectivity index (χ4n) is 4.74. The van der Waals surface area contributed by atoms with Crippen molar-refractivity contribution in [3.8, 4) is 0 Å². The summed E-state index contributed by atoms with van der Waals surface area (Å²) < 4.78 is 25.2. The lowest BCUT2D eigenvalue weighted by atomic mass is 9.93. The topological polar surface area (TPSA) is 62.3 Å². The first-order valence-electron chi connectivity index (χ1n) is 10.9. The van der Waals surface area contributed by atoms with E-state index >= 15 is 0 Å². The highest BCUT2D eigenvalue weighted by Crippen LogP contribution is 2.31. The van der Waals surface area contributed by atoms with Gasteiger partial charge in [0, 0.05) is 38.9 Å². The number of amides is 2. The molecule has 4 rings (SSSR count). The van der Waals surface area contributed by atoms with Gasteiger partial charge >= 0.3 is 6.09 Å². The monoisotopic (exact) mass is 419 g/mol. The van der Waals surface area contributed by atoms with Crippen molar-refractivity contribution >= 4 is 23.9 Å². The summed E-state index contributed by atoms with van der Waals surface area (Å²) in [7, 11) is 0. The van der Waals surface area contributed by atoms with Crippen molar-refractivity contribution in [3.63, 3.8) is 0 Å². The summed E-state index contributed by atoms with van der Waals surface area (Å²) >= 11 is 0. The Morgan fingerprint density at radius 3 is 2.70 bits per heavy atom. The molecular weight excluding hydrogens is 389 g/mol. The molecule has 1 aromatic rings. The number of hydrogen-bond acceptors (Lipinski definition) is 5. The van der Waals surface area contributed by atoms with Crippen LogP contribution in [0.15, 0.2) is 18.2 Å². The van der Waals surface area contributed by atoms with Crippen molar-refractivity contribution < 1.29 is 23.5 Å². The molecule has 0 radical (unpaired) electrons. The van der Waals surface area contributed by atoms with E-state index in [2.05, 4.69) is 4.90 Å². The van der Waals surface area contributed by atoms with Gasteiger partial charge in [-0.3, -0.25) is 9.69 Å². The van der Waals surface area contributed by atoms with Gasteiger partial charge in [0.05, 0.1) is 17.9 Å². The molecule has 1 aromatic carbocycles. The van der Waals surface area contributed by atoms with Gasteiger partial charge in [-0.05, 0) is 56.2 Å². The molecule has 1 unspecified atom stereocenters. The van der Waals surface area contributed by atoms with Crippen molar-refractivity contribution in [2.24, 2.45) is 5.92 Å². The lowest BCUT2D eigenvalue weighted by Crippen LogP contribution is -2.41. The van der Waals surface area contributed by atoms with E-state index in [4.69, 9.17) is 9.47 Å². The highest BCUT2D eigenvalue weighted by Gasteiger charge is 2.27. The van der Waals surface area contributed by atoms with Crippen LogP contribution in [0.5, 0.6) is 0 Å². The number of carbonyl (C=O) groups is 2. The smallest absolute Gasteiger partial charge is 0.414 e. The minimum absolute atomic E-state index is 0.276. The molecule has 3 aliphatic heterocycles. The normalized spacial score (nSPS) is 22.8. The van der Waals surface area contributed by atoms with Gasteiger partial charge in [0.25, 0.3) is 0 Å². The largest absolute Gasteiger partial charge is 0.447 e. The van der Waals surface area contributed by atoms with E-state index in [0.717, 1.165) is 71.4 Å². The van der Waals surface area contributed by atoms with Crippen LogP contribution in [0.3, 0.4) is 0 Å². The van der Waals surface area contributed by atoms with Crippen molar-refractivity contribution in [2.45, 2.75) is 38.1 Å². The number of nitrogens with zero attached hydrogens (tertiary/aromatic N) is 3. The molecule has 0 aromatic heterocycles. The van der Waals surface area contributed by atoms with Gasteiger partial charge in [-0.1, -0.05) is 0 Å². The summed E-state index contributed by atoms with van der Waals surface area (Å²) in [6, 6.07) is 5.25. The molecule has 7 nitrogen and oxygen atoms in total. The Morgan fingerprint density at radius 1 is 1.17 bits per heavy atom. The van der Waals surface area contributed by atoms with E-state index < -0.39 is 6.09 Å². The number of ether oxygens (including phenoxy) is 2. The Bertz CT molecular complexity index is 756. The number of anilines is 2. The highest BCUT2D eigenvalue weighted by atomic mass is 19.1. The van der Waals surface area contributed by atoms with Crippen molar-refractivity contribution in [1.29, 1.82) is 0 Å². The van der Waals surface area contributed by atoms with E-state index in [1.807, 2.05) is 4.90 Å². The zero-order valence-electron chi connectivity index (χ0n) is 17.3. The predicted octanol–water partition coefficient (Wildman–Crippen LogP) is 3.03. The zero-order chi connectivity index (χ0) is 20.9. The third kappa shape index (κ3) is 4.69. The molecule has 3 saturated heterocycles. The summed E-state index contributed by atoms with van der Waals surface area (Å²) in [5.74, 6) is 0.109. The summed E-state index contributed by atoms with van der Waals surface area (Å²) in [6.07, 6.45) is 5.36. The van der Waals surface area contributed by atoms with Crippen LogP contribution in [-0.2, 0) is 14.3 Å². The number of halogens is 1. The van der Waals surface area contributed by atoms with Crippen LogP contribution in [-0.4, -0.2) is 69.4 Å². The number of piperidine rings is 1. The van der Waals surface area contributed by atoms with Crippen LogP contribution >= 0.6 is 0 Å². The zero-order valence-corrected chi connectivity index (χ0v) is 17.3. The second-order valence-electron chi connectivity index (χ2n) is 8.33. The van der Waals surface area contributed by atoms with Crippen LogP contribution in [0.25, 0.3) is 0 Å². The molecule has 0 aliphatic carbocycles. The Hall–Kier alpha value is -2.35. The number of carbonyl (C=O) groups excluding carboxylic acids is 2. The number of rotatable bonds is 7. The third-order valence-electron chi connectivity index (χ3n) is 6.45. The molecule has 30 heavy (non-hydrogen) atoms. The van der Waals surface area contributed by atoms with Crippen LogP contribution in [0.4, 0.5) is 20.6 Å². The summed E-state index contributed by atoms with van der Waals surface area (Å²) in [5, 5.41) is 0. The fourth-order valence-corrected chi connectivity index (χ4v) is 4.74. The van der Waals surface area contributed by atoms with Gasteiger partial charge in [0.1, 0.15) is 12.4 Å². The van der Waals surface area contributed by atoms with E-state index in [-0.39, 0.29) is 11.9 Å². The quantitative estimate of drug-likeness (QED) is 0.636. The van der Waals surface area contributed by atoms with E-state index in [1.54, 1.807) is 12.1 Å². The minimum atomic E-state index is -0.426. The van der Waals surface area contributed by atoms with Crippen molar-refractivity contribution in [1.82, 2.24) is 4.90 Å². The third-order valence-corrected chi connectivity index (χ3v) is 6.45. The minimum Gasteiger partial charge on any atom is -0.447 e. The Balaban J connectivity index is 1.35. The van der Waals surface area contributed by atoms with E-state index in [1.165, 1.54) is 11.0 Å². The molecule has 0 N–H and O–H groups in total. The molecule has 2 amide bonds. The standard InChI is InChI=1S/C22H30FN3O4/c23-20-14-19(26-10-13-30-22(26)28)3-4-21(20)24-8-1-2-17(15-24)5-9-25(16-27)18-6-11-29-12-7-18/h3-4,14,16-18H,1-2,5-13,15H2. The maximum absolute atomic E-state index is 14.9. The van der Waals surface area contributed by atoms with E-state index in [9.17, 15) is 14.0 Å². The average Bonchev–Trinajstić information content (AvgIpc) is 3.21. The molecular formula is C22H30FN3O4. The Morgan fingerprint density at radius 2 is 2.00 bits per heavy atom. The van der Waals surface area contributed by atoms with Crippen molar-refractivity contribution in [3.05, 3.63) is 24.0 Å². The van der Waals surface area contributed by atoms with Gasteiger partial charge < -0.3 is 19.3 Å². The van der Waals surface area contributed by atoms with Crippen molar-refractivity contribution in [2.75, 3.05) is 55.8 Å². The second kappa shape index (κ2) is 9.64. The lowest BCUT2D eigenvalue weighted by molar-refractivity contribution is -0.122. The lowest BCUT2D eigenvalue weighted by Gasteiger charge is -2.37. The van der Waals surface area contributed by atoms with Gasteiger partial charge in [0.15, 0.2) is 0 Å². The molecule has 164 valence electrons. The van der Waals surface area contributed by atoms with Crippen LogP contribution in [0.1, 0.15) is 32.1 Å². The highest BCUT2D eigenvalue weighted by molar-refractivity contribution is 5.89.